The first kappa shape index (κ1) is 20.6. The van der Waals surface area contributed by atoms with Gasteiger partial charge in [-0.15, -0.1) is 0 Å². The Morgan fingerprint density at radius 3 is 2.04 bits per heavy atom. The minimum Gasteiger partial charge on any atom is -0.466 e. The van der Waals surface area contributed by atoms with Crippen molar-refractivity contribution in [1.29, 1.82) is 0 Å². The van der Waals surface area contributed by atoms with Gasteiger partial charge < -0.3 is 9.47 Å². The Bertz CT molecular complexity index is 778. The van der Waals surface area contributed by atoms with Crippen LogP contribution in [0, 0.1) is 5.41 Å². The number of aryl methyl sites for hydroxylation is 1. The molecule has 0 amide bonds. The van der Waals surface area contributed by atoms with Crippen LogP contribution in [0.3, 0.4) is 0 Å². The van der Waals surface area contributed by atoms with Gasteiger partial charge in [0.25, 0.3) is 0 Å². The second-order valence-corrected chi connectivity index (χ2v) is 9.00. The molecule has 2 aromatic rings. The van der Waals surface area contributed by atoms with Gasteiger partial charge in [0.2, 0.25) is 0 Å². The van der Waals surface area contributed by atoms with Crippen LogP contribution in [0.5, 0.6) is 0 Å². The van der Waals surface area contributed by atoms with E-state index in [1.54, 1.807) is 0 Å². The molecule has 0 saturated carbocycles. The molecule has 0 unspecified atom stereocenters. The lowest BCUT2D eigenvalue weighted by atomic mass is 9.77. The third-order valence-corrected chi connectivity index (χ3v) is 5.62. The number of hydrogen-bond donors (Lipinski definition) is 0. The lowest BCUT2D eigenvalue weighted by molar-refractivity contribution is -0.162. The summed E-state index contributed by atoms with van der Waals surface area (Å²) >= 11 is 0. The van der Waals surface area contributed by atoms with E-state index in [4.69, 9.17) is 9.47 Å². The highest BCUT2D eigenvalue weighted by Gasteiger charge is 2.40. The molecule has 0 N–H and O–H groups in total. The number of ether oxygens (including phenoxy) is 2. The van der Waals surface area contributed by atoms with Crippen LogP contribution < -0.4 is 0 Å². The Labute approximate surface area is 169 Å². The standard InChI is InChI=1S/C25H32O3/c1-5-28-23(26)16-25(17-27-18-25)15-14-19-6-8-20(9-7-19)21-10-12-22(13-11-21)24(2,3)4/h6-13H,5,14-18H2,1-4H3. The zero-order valence-electron chi connectivity index (χ0n) is 17.6. The van der Waals surface area contributed by atoms with Gasteiger partial charge in [0.15, 0.2) is 0 Å². The predicted octanol–water partition coefficient (Wildman–Crippen LogP) is 5.55. The van der Waals surface area contributed by atoms with Crippen LogP contribution in [-0.2, 0) is 26.1 Å². The molecule has 0 aliphatic carbocycles. The van der Waals surface area contributed by atoms with Gasteiger partial charge in [-0.05, 0) is 47.4 Å². The Morgan fingerprint density at radius 1 is 1.00 bits per heavy atom. The summed E-state index contributed by atoms with van der Waals surface area (Å²) in [5.74, 6) is -0.111. The average Bonchev–Trinajstić information content (AvgIpc) is 2.64. The summed E-state index contributed by atoms with van der Waals surface area (Å²) in [6.45, 7) is 10.3. The van der Waals surface area contributed by atoms with E-state index in [0.717, 1.165) is 12.8 Å². The largest absolute Gasteiger partial charge is 0.466 e. The first-order valence-electron chi connectivity index (χ1n) is 10.2. The minimum atomic E-state index is -0.111. The fourth-order valence-corrected chi connectivity index (χ4v) is 3.68. The van der Waals surface area contributed by atoms with Crippen molar-refractivity contribution in [2.75, 3.05) is 19.8 Å². The maximum atomic E-state index is 11.9. The van der Waals surface area contributed by atoms with Crippen LogP contribution in [0.15, 0.2) is 48.5 Å². The summed E-state index contributed by atoms with van der Waals surface area (Å²) in [6.07, 6.45) is 2.36. The molecule has 0 radical (unpaired) electrons. The Balaban J connectivity index is 1.61. The number of carbonyl (C=O) groups is 1. The topological polar surface area (TPSA) is 35.5 Å². The van der Waals surface area contributed by atoms with Crippen LogP contribution in [0.2, 0.25) is 0 Å². The summed E-state index contributed by atoms with van der Waals surface area (Å²) in [5.41, 5.74) is 5.25. The Hall–Kier alpha value is -2.13. The lowest BCUT2D eigenvalue weighted by Gasteiger charge is -2.41. The van der Waals surface area contributed by atoms with Crippen molar-refractivity contribution in [1.82, 2.24) is 0 Å². The van der Waals surface area contributed by atoms with E-state index in [2.05, 4.69) is 69.3 Å². The van der Waals surface area contributed by atoms with Crippen LogP contribution >= 0.6 is 0 Å². The highest BCUT2D eigenvalue weighted by molar-refractivity contribution is 5.70. The molecule has 1 aliphatic heterocycles. The molecular weight excluding hydrogens is 348 g/mol. The quantitative estimate of drug-likeness (QED) is 0.591. The predicted molar refractivity (Wildman–Crippen MR) is 113 cm³/mol. The zero-order chi connectivity index (χ0) is 20.2. The molecule has 3 heteroatoms. The first-order valence-corrected chi connectivity index (χ1v) is 10.2. The van der Waals surface area contributed by atoms with Crippen molar-refractivity contribution < 1.29 is 14.3 Å². The molecule has 0 aromatic heterocycles. The summed E-state index contributed by atoms with van der Waals surface area (Å²) in [4.78, 5) is 11.9. The van der Waals surface area contributed by atoms with Crippen molar-refractivity contribution in [2.45, 2.75) is 52.4 Å². The second kappa shape index (κ2) is 8.48. The van der Waals surface area contributed by atoms with E-state index in [1.165, 1.54) is 22.3 Å². The smallest absolute Gasteiger partial charge is 0.306 e. The van der Waals surface area contributed by atoms with Gasteiger partial charge in [0, 0.05) is 5.41 Å². The maximum absolute atomic E-state index is 11.9. The first-order chi connectivity index (χ1) is 13.3. The summed E-state index contributed by atoms with van der Waals surface area (Å²) in [6, 6.07) is 17.6. The number of benzene rings is 2. The van der Waals surface area contributed by atoms with Gasteiger partial charge in [-0.25, -0.2) is 0 Å². The summed E-state index contributed by atoms with van der Waals surface area (Å²) in [7, 11) is 0. The molecule has 3 nitrogen and oxygen atoms in total. The third-order valence-electron chi connectivity index (χ3n) is 5.62. The Kier molecular flexibility index (Phi) is 6.24. The molecule has 0 atom stereocenters. The number of rotatable bonds is 7. The van der Waals surface area contributed by atoms with Gasteiger partial charge in [-0.3, -0.25) is 4.79 Å². The lowest BCUT2D eigenvalue weighted by Crippen LogP contribution is -2.44. The van der Waals surface area contributed by atoms with Crippen molar-refractivity contribution in [3.63, 3.8) is 0 Å². The van der Waals surface area contributed by atoms with E-state index in [0.29, 0.717) is 26.2 Å². The molecular formula is C25H32O3. The van der Waals surface area contributed by atoms with Crippen LogP contribution in [0.4, 0.5) is 0 Å². The van der Waals surface area contributed by atoms with Crippen LogP contribution in [0.1, 0.15) is 51.7 Å². The molecule has 1 fully saturated rings. The molecule has 150 valence electrons. The van der Waals surface area contributed by atoms with E-state index < -0.39 is 0 Å². The van der Waals surface area contributed by atoms with Gasteiger partial charge in [0.1, 0.15) is 0 Å². The van der Waals surface area contributed by atoms with E-state index in [9.17, 15) is 4.79 Å². The SMILES string of the molecule is CCOC(=O)CC1(CCc2ccc(-c3ccc(C(C)(C)C)cc3)cc2)COC1. The maximum Gasteiger partial charge on any atom is 0.306 e. The molecule has 2 aromatic carbocycles. The summed E-state index contributed by atoms with van der Waals surface area (Å²) < 4.78 is 10.5. The van der Waals surface area contributed by atoms with Crippen molar-refractivity contribution >= 4 is 5.97 Å². The minimum absolute atomic E-state index is 0.0479. The number of carbonyl (C=O) groups excluding carboxylic acids is 1. The molecule has 28 heavy (non-hydrogen) atoms. The fraction of sp³-hybridized carbons (Fsp3) is 0.480. The van der Waals surface area contributed by atoms with Crippen molar-refractivity contribution in [3.05, 3.63) is 59.7 Å². The van der Waals surface area contributed by atoms with E-state index >= 15 is 0 Å². The van der Waals surface area contributed by atoms with Gasteiger partial charge in [-0.1, -0.05) is 69.3 Å². The molecule has 1 saturated heterocycles. The molecule has 3 rings (SSSR count). The molecule has 1 heterocycles. The van der Waals surface area contributed by atoms with Gasteiger partial charge in [-0.2, -0.15) is 0 Å². The monoisotopic (exact) mass is 380 g/mol. The van der Waals surface area contributed by atoms with Crippen molar-refractivity contribution in [2.24, 2.45) is 5.41 Å². The third kappa shape index (κ3) is 5.02. The zero-order valence-corrected chi connectivity index (χ0v) is 17.6. The van der Waals surface area contributed by atoms with Crippen LogP contribution in [0.25, 0.3) is 11.1 Å². The second-order valence-electron chi connectivity index (χ2n) is 9.00. The molecule has 0 bridgehead atoms. The highest BCUT2D eigenvalue weighted by atomic mass is 16.5. The van der Waals surface area contributed by atoms with Crippen LogP contribution in [-0.4, -0.2) is 25.8 Å². The van der Waals surface area contributed by atoms with E-state index in [1.807, 2.05) is 6.92 Å². The van der Waals surface area contributed by atoms with Crippen molar-refractivity contribution in [3.8, 4) is 11.1 Å². The summed E-state index contributed by atoms with van der Waals surface area (Å²) in [5, 5.41) is 0. The highest BCUT2D eigenvalue weighted by Crippen LogP contribution is 2.37. The van der Waals surface area contributed by atoms with E-state index in [-0.39, 0.29) is 16.8 Å². The Morgan fingerprint density at radius 2 is 1.57 bits per heavy atom. The molecule has 0 spiro atoms. The van der Waals surface area contributed by atoms with Gasteiger partial charge in [0.05, 0.1) is 26.2 Å². The van der Waals surface area contributed by atoms with Gasteiger partial charge >= 0.3 is 5.97 Å². The normalized spacial score (nSPS) is 15.7. The number of hydrogen-bond acceptors (Lipinski definition) is 3. The average molecular weight is 381 g/mol. The number of esters is 1. The fourth-order valence-electron chi connectivity index (χ4n) is 3.68. The molecule has 1 aliphatic rings.